The monoisotopic (exact) mass is 436 g/mol. The van der Waals surface area contributed by atoms with Gasteiger partial charge in [-0.2, -0.15) is 0 Å². The molecule has 29 heavy (non-hydrogen) atoms. The van der Waals surface area contributed by atoms with Gasteiger partial charge in [0.2, 0.25) is 0 Å². The molecule has 1 amide bonds. The average Bonchev–Trinajstić information content (AvgIpc) is 3.14. The van der Waals surface area contributed by atoms with E-state index in [0.29, 0.717) is 22.0 Å². The van der Waals surface area contributed by atoms with Gasteiger partial charge in [0, 0.05) is 25.7 Å². The van der Waals surface area contributed by atoms with Crippen molar-refractivity contribution in [2.45, 2.75) is 6.10 Å². The van der Waals surface area contributed by atoms with Crippen molar-refractivity contribution >= 4 is 59.4 Å². The molecule has 0 saturated heterocycles. The fourth-order valence-corrected chi connectivity index (χ4v) is 3.25. The number of hydroxylamine groups is 1. The van der Waals surface area contributed by atoms with Crippen LogP contribution in [0.5, 0.6) is 0 Å². The van der Waals surface area contributed by atoms with Gasteiger partial charge in [-0.25, -0.2) is 10.5 Å². The Morgan fingerprint density at radius 1 is 1.38 bits per heavy atom. The normalized spacial score (nSPS) is 12.1. The summed E-state index contributed by atoms with van der Waals surface area (Å²) in [6.07, 6.45) is 3.94. The summed E-state index contributed by atoms with van der Waals surface area (Å²) in [6.45, 7) is -0.0470. The zero-order valence-electron chi connectivity index (χ0n) is 15.8. The summed E-state index contributed by atoms with van der Waals surface area (Å²) in [5.74, 6) is -0.558. The minimum Gasteiger partial charge on any atom is -0.388 e. The van der Waals surface area contributed by atoms with Crippen LogP contribution in [0.25, 0.3) is 5.65 Å². The molecular formula is C18H19BCl2N4O4. The van der Waals surface area contributed by atoms with E-state index in [4.69, 9.17) is 32.8 Å². The molecule has 3 rings (SSSR count). The molecular weight excluding hydrogens is 418 g/mol. The highest BCUT2D eigenvalue weighted by Crippen LogP contribution is 2.34. The minimum absolute atomic E-state index is 0.0847. The predicted octanol–water partition coefficient (Wildman–Crippen LogP) is 1.31. The van der Waals surface area contributed by atoms with Gasteiger partial charge in [0.05, 0.1) is 28.6 Å². The molecule has 2 heterocycles. The second kappa shape index (κ2) is 9.47. The number of methoxy groups -OCH3 is 1. The fraction of sp³-hybridized carbons (Fsp3) is 0.222. The van der Waals surface area contributed by atoms with Gasteiger partial charge >= 0.3 is 0 Å². The SMILES string of the molecule is Bc1ccc(Nc2c(C(=O)NOCC(O)COC)cn3ccnc3c2Cl)c(Cl)c1. The van der Waals surface area contributed by atoms with Crippen LogP contribution in [0.1, 0.15) is 10.4 Å². The van der Waals surface area contributed by atoms with Crippen molar-refractivity contribution in [1.82, 2.24) is 14.9 Å². The maximum absolute atomic E-state index is 12.7. The van der Waals surface area contributed by atoms with Crippen LogP contribution in [0.2, 0.25) is 10.0 Å². The Morgan fingerprint density at radius 3 is 2.90 bits per heavy atom. The van der Waals surface area contributed by atoms with Crippen molar-refractivity contribution in [3.05, 3.63) is 52.4 Å². The first-order valence-electron chi connectivity index (χ1n) is 8.68. The summed E-state index contributed by atoms with van der Waals surface area (Å²) in [5, 5.41) is 13.5. The number of anilines is 2. The first kappa shape index (κ1) is 21.4. The van der Waals surface area contributed by atoms with Crippen LogP contribution in [-0.4, -0.2) is 54.7 Å². The molecule has 0 saturated carbocycles. The highest BCUT2D eigenvalue weighted by atomic mass is 35.5. The van der Waals surface area contributed by atoms with Crippen molar-refractivity contribution in [2.75, 3.05) is 25.6 Å². The average molecular weight is 437 g/mol. The van der Waals surface area contributed by atoms with Crippen LogP contribution in [-0.2, 0) is 9.57 Å². The lowest BCUT2D eigenvalue weighted by atomic mass is 9.96. The summed E-state index contributed by atoms with van der Waals surface area (Å²) in [7, 11) is 3.38. The third-order valence-corrected chi connectivity index (χ3v) is 4.72. The lowest BCUT2D eigenvalue weighted by Crippen LogP contribution is -2.30. The number of pyridine rings is 1. The number of halogens is 2. The van der Waals surface area contributed by atoms with E-state index in [1.165, 1.54) is 7.11 Å². The van der Waals surface area contributed by atoms with Gasteiger partial charge in [-0.15, -0.1) is 0 Å². The lowest BCUT2D eigenvalue weighted by molar-refractivity contribution is -0.0365. The Kier molecular flexibility index (Phi) is 6.99. The summed E-state index contributed by atoms with van der Waals surface area (Å²) in [6, 6.07) is 5.48. The second-order valence-electron chi connectivity index (χ2n) is 6.35. The maximum atomic E-state index is 12.7. The quantitative estimate of drug-likeness (QED) is 0.364. The molecule has 8 nitrogen and oxygen atoms in total. The number of ether oxygens (including phenoxy) is 1. The Bertz CT molecular complexity index is 1030. The number of carbonyl (C=O) groups excluding carboxylic acids is 1. The Balaban J connectivity index is 1.90. The predicted molar refractivity (Wildman–Crippen MR) is 114 cm³/mol. The standard InChI is InChI=1S/C18H19BCl2N4O4/c1-28-8-11(26)9-29-24-18(27)12-7-25-5-4-22-17(25)15(21)16(12)23-14-3-2-10(19)6-13(14)20/h2-7,11,23,26H,8-9,19H2,1H3,(H,24,27). The summed E-state index contributed by atoms with van der Waals surface area (Å²) < 4.78 is 6.44. The molecule has 1 unspecified atom stereocenters. The van der Waals surface area contributed by atoms with Crippen molar-refractivity contribution in [3.8, 4) is 0 Å². The molecule has 0 spiro atoms. The van der Waals surface area contributed by atoms with E-state index in [1.54, 1.807) is 35.1 Å². The Labute approximate surface area is 178 Å². The minimum atomic E-state index is -0.871. The topological polar surface area (TPSA) is 97.1 Å². The molecule has 2 aromatic heterocycles. The van der Waals surface area contributed by atoms with Crippen molar-refractivity contribution in [3.63, 3.8) is 0 Å². The van der Waals surface area contributed by atoms with Crippen LogP contribution in [0.15, 0.2) is 36.8 Å². The van der Waals surface area contributed by atoms with Gasteiger partial charge in [-0.05, 0) is 12.1 Å². The zero-order chi connectivity index (χ0) is 21.0. The third-order valence-electron chi connectivity index (χ3n) is 4.05. The first-order chi connectivity index (χ1) is 13.9. The van der Waals surface area contributed by atoms with Crippen molar-refractivity contribution < 1.29 is 19.5 Å². The van der Waals surface area contributed by atoms with E-state index < -0.39 is 12.0 Å². The molecule has 3 N–H and O–H groups in total. The first-order valence-corrected chi connectivity index (χ1v) is 9.43. The number of nitrogens with one attached hydrogen (secondary N) is 2. The van der Waals surface area contributed by atoms with E-state index >= 15 is 0 Å². The second-order valence-corrected chi connectivity index (χ2v) is 7.13. The Morgan fingerprint density at radius 2 is 2.17 bits per heavy atom. The molecule has 0 radical (unpaired) electrons. The number of nitrogens with zero attached hydrogens (tertiary/aromatic N) is 2. The summed E-state index contributed by atoms with van der Waals surface area (Å²) in [5.41, 5.74) is 4.90. The summed E-state index contributed by atoms with van der Waals surface area (Å²) >= 11 is 12.8. The van der Waals surface area contributed by atoms with Crippen LogP contribution in [0, 0.1) is 0 Å². The molecule has 11 heteroatoms. The summed E-state index contributed by atoms with van der Waals surface area (Å²) in [4.78, 5) is 22.0. The smallest absolute Gasteiger partial charge is 0.278 e. The number of aliphatic hydroxyl groups excluding tert-OH is 1. The molecule has 1 atom stereocenters. The molecule has 152 valence electrons. The van der Waals surface area contributed by atoms with E-state index in [-0.39, 0.29) is 23.8 Å². The van der Waals surface area contributed by atoms with Gasteiger partial charge in [-0.1, -0.05) is 34.7 Å². The number of hydrogen-bond acceptors (Lipinski definition) is 6. The van der Waals surface area contributed by atoms with Gasteiger partial charge in [0.15, 0.2) is 5.65 Å². The van der Waals surface area contributed by atoms with Crippen LogP contribution in [0.3, 0.4) is 0 Å². The number of imidazole rings is 1. The number of aliphatic hydroxyl groups is 1. The number of fused-ring (bicyclic) bond motifs is 1. The highest BCUT2D eigenvalue weighted by Gasteiger charge is 2.20. The van der Waals surface area contributed by atoms with Crippen LogP contribution in [0.4, 0.5) is 11.4 Å². The van der Waals surface area contributed by atoms with Gasteiger partial charge in [-0.3, -0.25) is 9.63 Å². The number of amides is 1. The Hall–Kier alpha value is -2.30. The molecule has 0 bridgehead atoms. The highest BCUT2D eigenvalue weighted by molar-refractivity contribution is 6.39. The molecule has 0 aliphatic rings. The van der Waals surface area contributed by atoms with E-state index in [0.717, 1.165) is 5.46 Å². The molecule has 0 aliphatic carbocycles. The van der Waals surface area contributed by atoms with Crippen molar-refractivity contribution in [2.24, 2.45) is 0 Å². The third kappa shape index (κ3) is 5.01. The van der Waals surface area contributed by atoms with Gasteiger partial charge in [0.25, 0.3) is 5.91 Å². The largest absolute Gasteiger partial charge is 0.388 e. The number of rotatable bonds is 8. The maximum Gasteiger partial charge on any atom is 0.278 e. The molecule has 0 fully saturated rings. The number of hydrogen-bond donors (Lipinski definition) is 3. The van der Waals surface area contributed by atoms with Crippen LogP contribution < -0.4 is 16.3 Å². The van der Waals surface area contributed by atoms with Crippen LogP contribution >= 0.6 is 23.2 Å². The van der Waals surface area contributed by atoms with E-state index in [9.17, 15) is 9.90 Å². The lowest BCUT2D eigenvalue weighted by Gasteiger charge is -2.16. The number of benzene rings is 1. The number of carbonyl (C=O) groups is 1. The van der Waals surface area contributed by atoms with Gasteiger partial charge < -0.3 is 19.6 Å². The number of aromatic nitrogens is 2. The van der Waals surface area contributed by atoms with E-state index in [1.807, 2.05) is 13.9 Å². The molecule has 1 aromatic carbocycles. The molecule has 3 aromatic rings. The van der Waals surface area contributed by atoms with E-state index in [2.05, 4.69) is 15.8 Å². The molecule has 0 aliphatic heterocycles. The fourth-order valence-electron chi connectivity index (χ4n) is 2.67. The zero-order valence-corrected chi connectivity index (χ0v) is 17.3. The van der Waals surface area contributed by atoms with Gasteiger partial charge in [0.1, 0.15) is 25.6 Å². The van der Waals surface area contributed by atoms with Crippen molar-refractivity contribution in [1.29, 1.82) is 0 Å².